The molecule has 0 fully saturated rings. The molecular formula is C10H6F6N2OS. The number of aliphatic hydroxyl groups is 1. The van der Waals surface area contributed by atoms with Crippen LogP contribution in [0.1, 0.15) is 5.56 Å². The molecule has 3 nitrogen and oxygen atoms in total. The molecule has 0 atom stereocenters. The van der Waals surface area contributed by atoms with Crippen molar-refractivity contribution in [2.24, 2.45) is 0 Å². The van der Waals surface area contributed by atoms with E-state index in [1.807, 2.05) is 0 Å². The Kier molecular flexibility index (Phi) is 3.13. The van der Waals surface area contributed by atoms with Crippen LogP contribution in [0.15, 0.2) is 18.2 Å². The molecular weight excluding hydrogens is 310 g/mol. The van der Waals surface area contributed by atoms with Crippen LogP contribution in [0.5, 0.6) is 0 Å². The van der Waals surface area contributed by atoms with Gasteiger partial charge in [-0.2, -0.15) is 26.3 Å². The van der Waals surface area contributed by atoms with Gasteiger partial charge < -0.3 is 10.8 Å². The summed E-state index contributed by atoms with van der Waals surface area (Å²) in [6, 6.07) is 2.06. The number of nitrogens with zero attached hydrogens (tertiary/aromatic N) is 1. The summed E-state index contributed by atoms with van der Waals surface area (Å²) in [5.41, 5.74) is -0.786. The summed E-state index contributed by atoms with van der Waals surface area (Å²) in [5.74, 6) is 0. The number of hydrogen-bond acceptors (Lipinski definition) is 4. The molecule has 0 saturated carbocycles. The first kappa shape index (κ1) is 14.9. The van der Waals surface area contributed by atoms with Crippen LogP contribution in [0.4, 0.5) is 31.5 Å². The Hall–Kier alpha value is -1.55. The van der Waals surface area contributed by atoms with Crippen LogP contribution in [-0.2, 0) is 5.60 Å². The summed E-state index contributed by atoms with van der Waals surface area (Å²) >= 11 is 0.725. The Labute approximate surface area is 111 Å². The van der Waals surface area contributed by atoms with Crippen molar-refractivity contribution in [3.63, 3.8) is 0 Å². The van der Waals surface area contributed by atoms with Gasteiger partial charge in [0.2, 0.25) is 0 Å². The molecule has 0 aliphatic carbocycles. The third kappa shape index (κ3) is 2.08. The highest BCUT2D eigenvalue weighted by Crippen LogP contribution is 2.50. The highest BCUT2D eigenvalue weighted by Gasteiger charge is 2.71. The molecule has 0 unspecified atom stereocenters. The third-order valence-corrected chi connectivity index (χ3v) is 3.49. The normalized spacial score (nSPS) is 13.9. The van der Waals surface area contributed by atoms with E-state index in [0.29, 0.717) is 12.1 Å². The molecule has 0 spiro atoms. The maximum atomic E-state index is 12.7. The maximum Gasteiger partial charge on any atom is 0.430 e. The standard InChI is InChI=1S/C10H6F6N2OS/c11-9(12,13)8(19,10(14,15)16)4-1-2-5-6(3-4)20-7(17)18-5/h1-3,19H,(H2,17,18). The van der Waals surface area contributed by atoms with Crippen LogP contribution < -0.4 is 5.73 Å². The summed E-state index contributed by atoms with van der Waals surface area (Å²) in [5, 5.41) is 9.22. The maximum absolute atomic E-state index is 12.7. The molecule has 0 aliphatic heterocycles. The zero-order valence-corrected chi connectivity index (χ0v) is 10.2. The van der Waals surface area contributed by atoms with Gasteiger partial charge in [-0.05, 0) is 12.1 Å². The second-order valence-electron chi connectivity index (χ2n) is 3.94. The van der Waals surface area contributed by atoms with Crippen LogP contribution in [-0.4, -0.2) is 22.4 Å². The predicted molar refractivity (Wildman–Crippen MR) is 60.0 cm³/mol. The van der Waals surface area contributed by atoms with Crippen molar-refractivity contribution < 1.29 is 31.4 Å². The Morgan fingerprint density at radius 2 is 1.60 bits per heavy atom. The predicted octanol–water partition coefficient (Wildman–Crippen LogP) is 3.19. The molecule has 2 rings (SSSR count). The van der Waals surface area contributed by atoms with E-state index in [2.05, 4.69) is 4.98 Å². The SMILES string of the molecule is Nc1nc2ccc(C(O)(C(F)(F)F)C(F)(F)F)cc2s1. The van der Waals surface area contributed by atoms with E-state index in [9.17, 15) is 31.4 Å². The summed E-state index contributed by atoms with van der Waals surface area (Å²) in [4.78, 5) is 3.71. The lowest BCUT2D eigenvalue weighted by molar-refractivity contribution is -0.376. The van der Waals surface area contributed by atoms with Crippen LogP contribution in [0, 0.1) is 0 Å². The number of anilines is 1. The average molecular weight is 316 g/mol. The van der Waals surface area contributed by atoms with Gasteiger partial charge in [-0.1, -0.05) is 17.4 Å². The van der Waals surface area contributed by atoms with Crippen molar-refractivity contribution in [2.45, 2.75) is 18.0 Å². The van der Waals surface area contributed by atoms with Gasteiger partial charge in [0.15, 0.2) is 5.13 Å². The fourth-order valence-corrected chi connectivity index (χ4v) is 2.43. The van der Waals surface area contributed by atoms with Gasteiger partial charge in [0.05, 0.1) is 10.2 Å². The molecule has 1 aromatic heterocycles. The van der Waals surface area contributed by atoms with Crippen molar-refractivity contribution in [3.8, 4) is 0 Å². The van der Waals surface area contributed by atoms with Gasteiger partial charge in [-0.3, -0.25) is 0 Å². The lowest BCUT2D eigenvalue weighted by atomic mass is 9.92. The van der Waals surface area contributed by atoms with E-state index in [1.54, 1.807) is 0 Å². The Morgan fingerprint density at radius 3 is 2.10 bits per heavy atom. The zero-order chi connectivity index (χ0) is 15.3. The van der Waals surface area contributed by atoms with E-state index in [0.717, 1.165) is 17.4 Å². The van der Waals surface area contributed by atoms with Crippen LogP contribution in [0.3, 0.4) is 0 Å². The minimum Gasteiger partial charge on any atom is -0.375 e. The minimum absolute atomic E-state index is 0.000271. The Balaban J connectivity index is 2.69. The second kappa shape index (κ2) is 4.22. The second-order valence-corrected chi connectivity index (χ2v) is 5.00. The summed E-state index contributed by atoms with van der Waals surface area (Å²) in [6.07, 6.45) is -11.8. The number of thiazole rings is 1. The molecule has 2 aromatic rings. The zero-order valence-electron chi connectivity index (χ0n) is 9.38. The fourth-order valence-electron chi connectivity index (χ4n) is 1.66. The van der Waals surface area contributed by atoms with Crippen molar-refractivity contribution in [2.75, 3.05) is 5.73 Å². The van der Waals surface area contributed by atoms with Gasteiger partial charge in [0.25, 0.3) is 5.60 Å². The lowest BCUT2D eigenvalue weighted by Gasteiger charge is -2.32. The van der Waals surface area contributed by atoms with E-state index < -0.39 is 23.5 Å². The monoisotopic (exact) mass is 316 g/mol. The summed E-state index contributed by atoms with van der Waals surface area (Å²) < 4.78 is 76.1. The molecule has 110 valence electrons. The van der Waals surface area contributed by atoms with Crippen molar-refractivity contribution in [1.29, 1.82) is 0 Å². The topological polar surface area (TPSA) is 59.1 Å². The van der Waals surface area contributed by atoms with E-state index in [-0.39, 0.29) is 15.3 Å². The number of nitrogen functional groups attached to an aromatic ring is 1. The number of alkyl halides is 6. The van der Waals surface area contributed by atoms with Crippen molar-refractivity contribution in [3.05, 3.63) is 23.8 Å². The molecule has 1 heterocycles. The first-order valence-corrected chi connectivity index (χ1v) is 5.81. The summed E-state index contributed by atoms with van der Waals surface area (Å²) in [6.45, 7) is 0. The van der Waals surface area contributed by atoms with E-state index >= 15 is 0 Å². The first-order valence-electron chi connectivity index (χ1n) is 4.99. The number of aromatic nitrogens is 1. The molecule has 1 aromatic carbocycles. The number of halogens is 6. The van der Waals surface area contributed by atoms with E-state index in [4.69, 9.17) is 5.73 Å². The molecule has 3 N–H and O–H groups in total. The number of fused-ring (bicyclic) bond motifs is 1. The first-order chi connectivity index (χ1) is 8.97. The van der Waals surface area contributed by atoms with Crippen LogP contribution in [0.25, 0.3) is 10.2 Å². The Bertz CT molecular complexity index is 633. The number of nitrogens with two attached hydrogens (primary N) is 1. The molecule has 0 aliphatic rings. The van der Waals surface area contributed by atoms with Gasteiger partial charge >= 0.3 is 12.4 Å². The molecule has 0 saturated heterocycles. The quantitative estimate of drug-likeness (QED) is 0.794. The number of hydrogen-bond donors (Lipinski definition) is 2. The molecule has 0 bridgehead atoms. The van der Waals surface area contributed by atoms with Gasteiger partial charge in [-0.25, -0.2) is 4.98 Å². The van der Waals surface area contributed by atoms with Crippen LogP contribution in [0.2, 0.25) is 0 Å². The minimum atomic E-state index is -5.91. The molecule has 0 amide bonds. The molecule has 10 heteroatoms. The largest absolute Gasteiger partial charge is 0.430 e. The van der Waals surface area contributed by atoms with Gasteiger partial charge in [0, 0.05) is 5.56 Å². The van der Waals surface area contributed by atoms with Gasteiger partial charge in [0.1, 0.15) is 0 Å². The lowest BCUT2D eigenvalue weighted by Crippen LogP contribution is -2.53. The van der Waals surface area contributed by atoms with Crippen molar-refractivity contribution >= 4 is 26.7 Å². The number of rotatable bonds is 1. The van der Waals surface area contributed by atoms with E-state index in [1.165, 1.54) is 0 Å². The molecule has 20 heavy (non-hydrogen) atoms. The highest BCUT2D eigenvalue weighted by molar-refractivity contribution is 7.22. The highest BCUT2D eigenvalue weighted by atomic mass is 32.1. The molecule has 0 radical (unpaired) electrons. The van der Waals surface area contributed by atoms with Crippen LogP contribution >= 0.6 is 11.3 Å². The summed E-state index contributed by atoms with van der Waals surface area (Å²) in [7, 11) is 0. The smallest absolute Gasteiger partial charge is 0.375 e. The Morgan fingerprint density at radius 1 is 1.05 bits per heavy atom. The number of benzene rings is 1. The average Bonchev–Trinajstić information content (AvgIpc) is 2.63. The van der Waals surface area contributed by atoms with Crippen molar-refractivity contribution in [1.82, 2.24) is 4.98 Å². The van der Waals surface area contributed by atoms with Gasteiger partial charge in [-0.15, -0.1) is 0 Å². The fraction of sp³-hybridized carbons (Fsp3) is 0.300. The third-order valence-electron chi connectivity index (χ3n) is 2.64.